The normalized spacial score (nSPS) is 9.82. The van der Waals surface area contributed by atoms with Crippen LogP contribution in [0.2, 0.25) is 0 Å². The monoisotopic (exact) mass is 227 g/mol. The highest BCUT2D eigenvalue weighted by atomic mass is 15.0. The fourth-order valence-corrected chi connectivity index (χ4v) is 1.54. The summed E-state index contributed by atoms with van der Waals surface area (Å²) in [5.74, 6) is 0. The van der Waals surface area contributed by atoms with Crippen LogP contribution < -0.4 is 5.32 Å². The predicted molar refractivity (Wildman–Crippen MR) is 64.3 cm³/mol. The molecule has 5 heteroatoms. The van der Waals surface area contributed by atoms with E-state index in [0.717, 1.165) is 25.2 Å². The van der Waals surface area contributed by atoms with Crippen molar-refractivity contribution in [2.75, 3.05) is 11.9 Å². The van der Waals surface area contributed by atoms with E-state index in [0.29, 0.717) is 5.56 Å². The molecule has 1 N–H and O–H groups in total. The van der Waals surface area contributed by atoms with Gasteiger partial charge in [-0.05, 0) is 12.5 Å². The molecule has 0 fully saturated rings. The van der Waals surface area contributed by atoms with Crippen molar-refractivity contribution >= 4 is 5.69 Å². The topological polar surface area (TPSA) is 66.5 Å². The van der Waals surface area contributed by atoms with Crippen molar-refractivity contribution in [1.29, 1.82) is 5.26 Å². The molecule has 2 aromatic rings. The third kappa shape index (κ3) is 3.05. The lowest BCUT2D eigenvalue weighted by molar-refractivity contribution is 0.660. The first-order valence-corrected chi connectivity index (χ1v) is 5.44. The molecule has 2 aromatic heterocycles. The number of nitrogens with one attached hydrogen (secondary N) is 1. The molecular weight excluding hydrogens is 214 g/mol. The molecule has 0 radical (unpaired) electrons. The van der Waals surface area contributed by atoms with E-state index in [1.807, 2.05) is 10.8 Å². The molecule has 86 valence electrons. The number of hydrogen-bond acceptors (Lipinski definition) is 4. The van der Waals surface area contributed by atoms with Crippen LogP contribution in [0.4, 0.5) is 5.69 Å². The second-order valence-electron chi connectivity index (χ2n) is 3.61. The molecule has 2 rings (SSSR count). The Morgan fingerprint density at radius 1 is 1.35 bits per heavy atom. The van der Waals surface area contributed by atoms with E-state index in [4.69, 9.17) is 5.26 Å². The van der Waals surface area contributed by atoms with E-state index < -0.39 is 0 Å². The van der Waals surface area contributed by atoms with Gasteiger partial charge in [-0.25, -0.2) is 4.98 Å². The lowest BCUT2D eigenvalue weighted by Crippen LogP contribution is -2.07. The molecule has 0 atom stereocenters. The first kappa shape index (κ1) is 11.1. The predicted octanol–water partition coefficient (Wildman–Crippen LogP) is 1.65. The second-order valence-corrected chi connectivity index (χ2v) is 3.61. The summed E-state index contributed by atoms with van der Waals surface area (Å²) in [5, 5.41) is 12.1. The maximum atomic E-state index is 8.90. The Morgan fingerprint density at radius 3 is 3.06 bits per heavy atom. The van der Waals surface area contributed by atoms with Gasteiger partial charge < -0.3 is 9.88 Å². The fourth-order valence-electron chi connectivity index (χ4n) is 1.54. The molecule has 0 spiro atoms. The van der Waals surface area contributed by atoms with Crippen LogP contribution in [0.5, 0.6) is 0 Å². The molecule has 0 aliphatic rings. The number of pyridine rings is 1. The lowest BCUT2D eigenvalue weighted by Gasteiger charge is -2.07. The summed E-state index contributed by atoms with van der Waals surface area (Å²) < 4.78 is 2.02. The minimum absolute atomic E-state index is 0.627. The Balaban J connectivity index is 1.80. The zero-order chi connectivity index (χ0) is 11.9. The van der Waals surface area contributed by atoms with Crippen LogP contribution in [0, 0.1) is 11.3 Å². The van der Waals surface area contributed by atoms with E-state index in [-0.39, 0.29) is 0 Å². The number of rotatable bonds is 5. The Labute approximate surface area is 99.7 Å². The zero-order valence-corrected chi connectivity index (χ0v) is 9.37. The van der Waals surface area contributed by atoms with Crippen molar-refractivity contribution < 1.29 is 0 Å². The van der Waals surface area contributed by atoms with Crippen molar-refractivity contribution in [3.8, 4) is 6.07 Å². The summed E-state index contributed by atoms with van der Waals surface area (Å²) in [5.41, 5.74) is 1.42. The van der Waals surface area contributed by atoms with Crippen LogP contribution in [0.15, 0.2) is 37.2 Å². The Bertz CT molecular complexity index is 498. The van der Waals surface area contributed by atoms with Crippen LogP contribution in [0.1, 0.15) is 12.0 Å². The SMILES string of the molecule is N#Cc1ccncc1NCCCn1ccnc1. The first-order valence-electron chi connectivity index (χ1n) is 5.44. The van der Waals surface area contributed by atoms with E-state index in [2.05, 4.69) is 21.4 Å². The summed E-state index contributed by atoms with van der Waals surface area (Å²) in [6, 6.07) is 3.84. The molecule has 0 saturated heterocycles. The van der Waals surface area contributed by atoms with Crippen LogP contribution in [0.25, 0.3) is 0 Å². The molecule has 0 unspecified atom stereocenters. The van der Waals surface area contributed by atoms with E-state index in [9.17, 15) is 0 Å². The van der Waals surface area contributed by atoms with Gasteiger partial charge in [0, 0.05) is 31.7 Å². The van der Waals surface area contributed by atoms with Gasteiger partial charge in [0.25, 0.3) is 0 Å². The molecule has 0 aromatic carbocycles. The van der Waals surface area contributed by atoms with Gasteiger partial charge in [0.15, 0.2) is 0 Å². The highest BCUT2D eigenvalue weighted by molar-refractivity contribution is 5.55. The number of hydrogen-bond donors (Lipinski definition) is 1. The van der Waals surface area contributed by atoms with Crippen molar-refractivity contribution in [3.63, 3.8) is 0 Å². The number of aryl methyl sites for hydroxylation is 1. The van der Waals surface area contributed by atoms with Crippen LogP contribution in [-0.2, 0) is 6.54 Å². The van der Waals surface area contributed by atoms with Gasteiger partial charge in [-0.2, -0.15) is 5.26 Å². The Morgan fingerprint density at radius 2 is 2.29 bits per heavy atom. The maximum Gasteiger partial charge on any atom is 0.101 e. The van der Waals surface area contributed by atoms with Gasteiger partial charge in [0.2, 0.25) is 0 Å². The van der Waals surface area contributed by atoms with Crippen LogP contribution in [0.3, 0.4) is 0 Å². The smallest absolute Gasteiger partial charge is 0.101 e. The molecular formula is C12H13N5. The van der Waals surface area contributed by atoms with Gasteiger partial charge in [-0.15, -0.1) is 0 Å². The van der Waals surface area contributed by atoms with Crippen LogP contribution >= 0.6 is 0 Å². The maximum absolute atomic E-state index is 8.90. The summed E-state index contributed by atoms with van der Waals surface area (Å²) in [4.78, 5) is 7.97. The van der Waals surface area contributed by atoms with E-state index in [1.54, 1.807) is 31.0 Å². The van der Waals surface area contributed by atoms with Crippen molar-refractivity contribution in [1.82, 2.24) is 14.5 Å². The number of imidazole rings is 1. The third-order valence-corrected chi connectivity index (χ3v) is 2.41. The van der Waals surface area contributed by atoms with Gasteiger partial charge in [-0.3, -0.25) is 4.98 Å². The highest BCUT2D eigenvalue weighted by Gasteiger charge is 1.99. The second kappa shape index (κ2) is 5.66. The summed E-state index contributed by atoms with van der Waals surface area (Å²) in [7, 11) is 0. The standard InChI is InChI=1S/C12H13N5/c13-8-11-2-4-14-9-12(11)16-3-1-6-17-7-5-15-10-17/h2,4-5,7,9-10,16H,1,3,6H2. The average molecular weight is 227 g/mol. The van der Waals surface area contributed by atoms with Crippen molar-refractivity contribution in [3.05, 3.63) is 42.7 Å². The average Bonchev–Trinajstić information content (AvgIpc) is 2.88. The van der Waals surface area contributed by atoms with Crippen molar-refractivity contribution in [2.24, 2.45) is 0 Å². The van der Waals surface area contributed by atoms with E-state index >= 15 is 0 Å². The Kier molecular flexibility index (Phi) is 3.71. The first-order chi connectivity index (χ1) is 8.40. The van der Waals surface area contributed by atoms with E-state index in [1.165, 1.54) is 0 Å². The molecule has 2 heterocycles. The minimum atomic E-state index is 0.627. The molecule has 0 amide bonds. The summed E-state index contributed by atoms with van der Waals surface area (Å²) >= 11 is 0. The quantitative estimate of drug-likeness (QED) is 0.789. The molecule has 0 bridgehead atoms. The highest BCUT2D eigenvalue weighted by Crippen LogP contribution is 2.11. The summed E-state index contributed by atoms with van der Waals surface area (Å²) in [6.07, 6.45) is 9.76. The third-order valence-electron chi connectivity index (χ3n) is 2.41. The van der Waals surface area contributed by atoms with Gasteiger partial charge >= 0.3 is 0 Å². The molecule has 0 saturated carbocycles. The van der Waals surface area contributed by atoms with Crippen molar-refractivity contribution in [2.45, 2.75) is 13.0 Å². The fraction of sp³-hybridized carbons (Fsp3) is 0.250. The zero-order valence-electron chi connectivity index (χ0n) is 9.37. The molecule has 17 heavy (non-hydrogen) atoms. The number of nitrogens with zero attached hydrogens (tertiary/aromatic N) is 4. The van der Waals surface area contributed by atoms with Gasteiger partial charge in [0.1, 0.15) is 6.07 Å². The summed E-state index contributed by atoms with van der Waals surface area (Å²) in [6.45, 7) is 1.72. The minimum Gasteiger partial charge on any atom is -0.383 e. The largest absolute Gasteiger partial charge is 0.383 e. The number of aromatic nitrogens is 3. The molecule has 0 aliphatic carbocycles. The van der Waals surface area contributed by atoms with Gasteiger partial charge in [0.05, 0.1) is 23.8 Å². The van der Waals surface area contributed by atoms with Gasteiger partial charge in [-0.1, -0.05) is 0 Å². The molecule has 0 aliphatic heterocycles. The lowest BCUT2D eigenvalue weighted by atomic mass is 10.2. The number of anilines is 1. The van der Waals surface area contributed by atoms with Crippen LogP contribution in [-0.4, -0.2) is 21.1 Å². The molecule has 5 nitrogen and oxygen atoms in total. The number of nitriles is 1. The Hall–Kier alpha value is -2.35.